The molecule has 2 rings (SSSR count). The summed E-state index contributed by atoms with van der Waals surface area (Å²) in [5.41, 5.74) is 5.46. The third-order valence-electron chi connectivity index (χ3n) is 3.39. The summed E-state index contributed by atoms with van der Waals surface area (Å²) < 4.78 is 4.91. The largest absolute Gasteiger partial charge is 0.508 e. The van der Waals surface area contributed by atoms with Crippen LogP contribution >= 0.6 is 0 Å². The van der Waals surface area contributed by atoms with Crippen LogP contribution in [0.3, 0.4) is 0 Å². The standard InChI is InChI=1S/C14H15N3O6/c1-2-23-14(20)12-9(6-11(19)16-13(12)15)8-5-7(17(21)22)3-4-10(8)18/h3-5,9,18H,2,6,15H2,1H3,(H,16,19). The van der Waals surface area contributed by atoms with E-state index in [0.29, 0.717) is 0 Å². The van der Waals surface area contributed by atoms with Gasteiger partial charge in [0.1, 0.15) is 11.6 Å². The Morgan fingerprint density at radius 2 is 2.26 bits per heavy atom. The second kappa shape index (κ2) is 6.34. The zero-order valence-electron chi connectivity index (χ0n) is 12.2. The lowest BCUT2D eigenvalue weighted by Crippen LogP contribution is -2.38. The van der Waals surface area contributed by atoms with Crippen LogP contribution in [0.1, 0.15) is 24.8 Å². The molecular weight excluding hydrogens is 306 g/mol. The Kier molecular flexibility index (Phi) is 4.49. The first-order valence-electron chi connectivity index (χ1n) is 6.79. The quantitative estimate of drug-likeness (QED) is 0.419. The molecule has 1 aliphatic heterocycles. The van der Waals surface area contributed by atoms with Crippen molar-refractivity contribution in [2.24, 2.45) is 5.73 Å². The number of phenols is 1. The first-order valence-corrected chi connectivity index (χ1v) is 6.79. The lowest BCUT2D eigenvalue weighted by Gasteiger charge is -2.26. The fourth-order valence-electron chi connectivity index (χ4n) is 2.40. The number of nitro benzene ring substituents is 1. The zero-order valence-corrected chi connectivity index (χ0v) is 12.2. The van der Waals surface area contributed by atoms with Gasteiger partial charge in [0, 0.05) is 30.0 Å². The van der Waals surface area contributed by atoms with Crippen LogP contribution in [0.25, 0.3) is 0 Å². The first kappa shape index (κ1) is 16.3. The maximum absolute atomic E-state index is 12.1. The summed E-state index contributed by atoms with van der Waals surface area (Å²) in [5.74, 6) is -2.60. The number of benzene rings is 1. The van der Waals surface area contributed by atoms with Gasteiger partial charge < -0.3 is 20.9 Å². The third kappa shape index (κ3) is 3.23. The molecule has 0 saturated carbocycles. The molecule has 1 amide bonds. The molecule has 9 nitrogen and oxygen atoms in total. The van der Waals surface area contributed by atoms with Gasteiger partial charge in [-0.1, -0.05) is 0 Å². The minimum absolute atomic E-state index is 0.0396. The van der Waals surface area contributed by atoms with Gasteiger partial charge in [-0.3, -0.25) is 14.9 Å². The number of rotatable bonds is 4. The van der Waals surface area contributed by atoms with E-state index >= 15 is 0 Å². The van der Waals surface area contributed by atoms with Gasteiger partial charge in [0.2, 0.25) is 5.91 Å². The molecule has 0 aliphatic carbocycles. The van der Waals surface area contributed by atoms with Crippen LogP contribution in [-0.2, 0) is 14.3 Å². The number of nitrogens with zero attached hydrogens (tertiary/aromatic N) is 1. The molecule has 1 aromatic rings. The van der Waals surface area contributed by atoms with Gasteiger partial charge in [0.15, 0.2) is 0 Å². The van der Waals surface area contributed by atoms with Crippen molar-refractivity contribution >= 4 is 17.6 Å². The first-order chi connectivity index (χ1) is 10.8. The summed E-state index contributed by atoms with van der Waals surface area (Å²) in [7, 11) is 0. The average Bonchev–Trinajstić information content (AvgIpc) is 2.46. The molecule has 0 bridgehead atoms. The number of non-ortho nitro benzene ring substituents is 1. The van der Waals surface area contributed by atoms with Gasteiger partial charge in [-0.2, -0.15) is 0 Å². The molecule has 4 N–H and O–H groups in total. The Bertz CT molecular complexity index is 712. The van der Waals surface area contributed by atoms with Crippen LogP contribution in [0, 0.1) is 10.1 Å². The van der Waals surface area contributed by atoms with Gasteiger partial charge in [-0.25, -0.2) is 4.79 Å². The summed E-state index contributed by atoms with van der Waals surface area (Å²) in [6.07, 6.45) is -0.191. The van der Waals surface area contributed by atoms with E-state index < -0.39 is 22.7 Å². The summed E-state index contributed by atoms with van der Waals surface area (Å²) in [6.45, 7) is 1.70. The third-order valence-corrected chi connectivity index (χ3v) is 3.39. The van der Waals surface area contributed by atoms with E-state index in [-0.39, 0.29) is 41.4 Å². The maximum Gasteiger partial charge on any atom is 0.338 e. The van der Waals surface area contributed by atoms with E-state index in [2.05, 4.69) is 5.32 Å². The monoisotopic (exact) mass is 321 g/mol. The Morgan fingerprint density at radius 3 is 2.87 bits per heavy atom. The normalized spacial score (nSPS) is 17.6. The van der Waals surface area contributed by atoms with E-state index in [4.69, 9.17) is 10.5 Å². The van der Waals surface area contributed by atoms with Gasteiger partial charge in [0.05, 0.1) is 17.1 Å². The van der Waals surface area contributed by atoms with Crippen molar-refractivity contribution in [3.8, 4) is 5.75 Å². The molecule has 122 valence electrons. The Balaban J connectivity index is 2.56. The fraction of sp³-hybridized carbons (Fsp3) is 0.286. The Morgan fingerprint density at radius 1 is 1.57 bits per heavy atom. The molecule has 1 aromatic carbocycles. The summed E-state index contributed by atoms with van der Waals surface area (Å²) in [4.78, 5) is 34.1. The highest BCUT2D eigenvalue weighted by molar-refractivity contribution is 5.96. The molecule has 0 fully saturated rings. The number of aromatic hydroxyl groups is 1. The minimum Gasteiger partial charge on any atom is -0.508 e. The topological polar surface area (TPSA) is 145 Å². The highest BCUT2D eigenvalue weighted by atomic mass is 16.6. The minimum atomic E-state index is -0.928. The summed E-state index contributed by atoms with van der Waals surface area (Å²) >= 11 is 0. The van der Waals surface area contributed by atoms with Gasteiger partial charge in [-0.15, -0.1) is 0 Å². The molecular formula is C14H15N3O6. The van der Waals surface area contributed by atoms with E-state index in [1.165, 1.54) is 0 Å². The SMILES string of the molecule is CCOC(=O)C1=C(N)NC(=O)CC1c1cc([N+](=O)[O-])ccc1O. The maximum atomic E-state index is 12.1. The van der Waals surface area contributed by atoms with Gasteiger partial charge in [0.25, 0.3) is 5.69 Å². The number of nitrogens with one attached hydrogen (secondary N) is 1. The van der Waals surface area contributed by atoms with Crippen molar-refractivity contribution in [3.63, 3.8) is 0 Å². The summed E-state index contributed by atoms with van der Waals surface area (Å²) in [5, 5.41) is 23.2. The van der Waals surface area contributed by atoms with Crippen LogP contribution in [0.5, 0.6) is 5.75 Å². The molecule has 0 aromatic heterocycles. The molecule has 0 radical (unpaired) electrons. The molecule has 1 aliphatic rings. The lowest BCUT2D eigenvalue weighted by molar-refractivity contribution is -0.385. The molecule has 9 heteroatoms. The number of ether oxygens (including phenoxy) is 1. The summed E-state index contributed by atoms with van der Waals surface area (Å²) in [6, 6.07) is 3.38. The van der Waals surface area contributed by atoms with Crippen LogP contribution in [0.15, 0.2) is 29.6 Å². The smallest absolute Gasteiger partial charge is 0.338 e. The second-order valence-corrected chi connectivity index (χ2v) is 4.85. The number of nitrogens with two attached hydrogens (primary N) is 1. The van der Waals surface area contributed by atoms with Crippen LogP contribution < -0.4 is 11.1 Å². The van der Waals surface area contributed by atoms with Crippen molar-refractivity contribution in [3.05, 3.63) is 45.3 Å². The number of amides is 1. The van der Waals surface area contributed by atoms with Crippen molar-refractivity contribution in [2.75, 3.05) is 6.61 Å². The Hall–Kier alpha value is -3.10. The van der Waals surface area contributed by atoms with Crippen molar-refractivity contribution < 1.29 is 24.4 Å². The highest BCUT2D eigenvalue weighted by Crippen LogP contribution is 2.38. The number of carbonyl (C=O) groups excluding carboxylic acids is 2. The number of nitro groups is 1. The lowest BCUT2D eigenvalue weighted by atomic mass is 9.85. The number of hydrogen-bond donors (Lipinski definition) is 3. The van der Waals surface area contributed by atoms with Crippen LogP contribution in [-0.4, -0.2) is 28.5 Å². The molecule has 1 heterocycles. The number of esters is 1. The van der Waals surface area contributed by atoms with Crippen molar-refractivity contribution in [1.82, 2.24) is 5.32 Å². The van der Waals surface area contributed by atoms with E-state index in [9.17, 15) is 24.8 Å². The van der Waals surface area contributed by atoms with E-state index in [0.717, 1.165) is 18.2 Å². The molecule has 1 atom stereocenters. The highest BCUT2D eigenvalue weighted by Gasteiger charge is 2.35. The molecule has 1 unspecified atom stereocenters. The van der Waals surface area contributed by atoms with Crippen molar-refractivity contribution in [1.29, 1.82) is 0 Å². The van der Waals surface area contributed by atoms with Crippen molar-refractivity contribution in [2.45, 2.75) is 19.3 Å². The fourth-order valence-corrected chi connectivity index (χ4v) is 2.40. The average molecular weight is 321 g/mol. The number of hydrogen-bond acceptors (Lipinski definition) is 7. The van der Waals surface area contributed by atoms with Crippen LogP contribution in [0.4, 0.5) is 5.69 Å². The van der Waals surface area contributed by atoms with Gasteiger partial charge in [-0.05, 0) is 13.0 Å². The zero-order chi connectivity index (χ0) is 17.1. The molecule has 0 spiro atoms. The second-order valence-electron chi connectivity index (χ2n) is 4.85. The van der Waals surface area contributed by atoms with E-state index in [1.54, 1.807) is 6.92 Å². The molecule has 23 heavy (non-hydrogen) atoms. The predicted molar refractivity (Wildman–Crippen MR) is 78.1 cm³/mol. The Labute approximate surface area is 130 Å². The molecule has 0 saturated heterocycles. The number of carbonyl (C=O) groups is 2. The predicted octanol–water partition coefficient (Wildman–Crippen LogP) is 0.637. The van der Waals surface area contributed by atoms with Crippen LogP contribution in [0.2, 0.25) is 0 Å². The van der Waals surface area contributed by atoms with Gasteiger partial charge >= 0.3 is 5.97 Å². The van der Waals surface area contributed by atoms with E-state index in [1.807, 2.05) is 0 Å². The number of phenolic OH excluding ortho intramolecular Hbond substituents is 1.